The number of anilines is 1. The van der Waals surface area contributed by atoms with Gasteiger partial charge in [0.1, 0.15) is 5.82 Å². The molecule has 1 unspecified atom stereocenters. The fourth-order valence-electron chi connectivity index (χ4n) is 0.903. The molecule has 0 saturated carbocycles. The van der Waals surface area contributed by atoms with Gasteiger partial charge in [-0.05, 0) is 28.4 Å². The molecule has 0 aliphatic rings. The fraction of sp³-hybridized carbons (Fsp3) is 0.444. The zero-order valence-corrected chi connectivity index (χ0v) is 10.1. The first-order valence-electron chi connectivity index (χ1n) is 4.36. The summed E-state index contributed by atoms with van der Waals surface area (Å²) < 4.78 is 0.799. The average Bonchev–Trinajstić information content (AvgIpc) is 2.16. The Hall–Kier alpha value is -0.320. The van der Waals surface area contributed by atoms with E-state index >= 15 is 0 Å². The summed E-state index contributed by atoms with van der Waals surface area (Å²) >= 11 is 9.07. The minimum Gasteiger partial charge on any atom is -0.391 e. The summed E-state index contributed by atoms with van der Waals surface area (Å²) in [4.78, 5) is 4.08. The number of pyridine rings is 1. The number of aromatic nitrogens is 1. The summed E-state index contributed by atoms with van der Waals surface area (Å²) in [6.07, 6.45) is 1.94. The summed E-state index contributed by atoms with van der Waals surface area (Å²) in [6.45, 7) is 2.42. The van der Waals surface area contributed by atoms with Crippen LogP contribution in [0.2, 0.25) is 5.02 Å². The molecule has 3 nitrogen and oxygen atoms in total. The summed E-state index contributed by atoms with van der Waals surface area (Å²) in [5, 5.41) is 12.9. The standard InChI is InChI=1S/C9H12BrClN2O/c1-2-7(14)5-13-9-8(10)3-6(11)4-12-9/h3-4,7,14H,2,5H2,1H3,(H,12,13). The van der Waals surface area contributed by atoms with Crippen LogP contribution in [0.4, 0.5) is 5.82 Å². The molecule has 0 aliphatic carbocycles. The van der Waals surface area contributed by atoms with Gasteiger partial charge in [0.25, 0.3) is 0 Å². The van der Waals surface area contributed by atoms with Gasteiger partial charge in [-0.2, -0.15) is 0 Å². The lowest BCUT2D eigenvalue weighted by Gasteiger charge is -2.10. The lowest BCUT2D eigenvalue weighted by Crippen LogP contribution is -2.18. The molecule has 0 bridgehead atoms. The number of rotatable bonds is 4. The monoisotopic (exact) mass is 278 g/mol. The van der Waals surface area contributed by atoms with E-state index in [0.717, 1.165) is 10.9 Å². The van der Waals surface area contributed by atoms with Crippen molar-refractivity contribution in [2.75, 3.05) is 11.9 Å². The van der Waals surface area contributed by atoms with Crippen LogP contribution in [0.3, 0.4) is 0 Å². The lowest BCUT2D eigenvalue weighted by atomic mass is 10.3. The molecule has 1 atom stereocenters. The Labute approximate surface area is 96.6 Å². The van der Waals surface area contributed by atoms with Gasteiger partial charge in [0.2, 0.25) is 0 Å². The molecule has 1 heterocycles. The second-order valence-corrected chi connectivity index (χ2v) is 4.22. The van der Waals surface area contributed by atoms with Gasteiger partial charge in [-0.3, -0.25) is 0 Å². The zero-order valence-electron chi connectivity index (χ0n) is 7.80. The van der Waals surface area contributed by atoms with Gasteiger partial charge in [-0.15, -0.1) is 0 Å². The van der Waals surface area contributed by atoms with Gasteiger partial charge < -0.3 is 10.4 Å². The highest BCUT2D eigenvalue weighted by Crippen LogP contribution is 2.22. The zero-order chi connectivity index (χ0) is 10.6. The highest BCUT2D eigenvalue weighted by molar-refractivity contribution is 9.10. The summed E-state index contributed by atoms with van der Waals surface area (Å²) in [5.41, 5.74) is 0. The second kappa shape index (κ2) is 5.53. The maximum absolute atomic E-state index is 9.33. The molecule has 78 valence electrons. The van der Waals surface area contributed by atoms with Crippen LogP contribution < -0.4 is 5.32 Å². The quantitative estimate of drug-likeness (QED) is 0.891. The Kier molecular flexibility index (Phi) is 4.65. The Bertz CT molecular complexity index is 309. The van der Waals surface area contributed by atoms with Gasteiger partial charge in [0.05, 0.1) is 15.6 Å². The predicted octanol–water partition coefficient (Wildman–Crippen LogP) is 2.68. The largest absolute Gasteiger partial charge is 0.391 e. The summed E-state index contributed by atoms with van der Waals surface area (Å²) in [7, 11) is 0. The fourth-order valence-corrected chi connectivity index (χ4v) is 1.68. The Morgan fingerprint density at radius 1 is 1.71 bits per heavy atom. The number of hydrogen-bond donors (Lipinski definition) is 2. The first-order valence-corrected chi connectivity index (χ1v) is 5.53. The average molecular weight is 280 g/mol. The van der Waals surface area contributed by atoms with Crippen LogP contribution in [0.25, 0.3) is 0 Å². The summed E-state index contributed by atoms with van der Waals surface area (Å²) in [5.74, 6) is 0.696. The van der Waals surface area contributed by atoms with Crippen LogP contribution in [0.15, 0.2) is 16.7 Å². The van der Waals surface area contributed by atoms with E-state index in [9.17, 15) is 5.11 Å². The highest BCUT2D eigenvalue weighted by atomic mass is 79.9. The maximum atomic E-state index is 9.33. The van der Waals surface area contributed by atoms with Crippen molar-refractivity contribution in [1.82, 2.24) is 4.98 Å². The van der Waals surface area contributed by atoms with Crippen LogP contribution in [0.5, 0.6) is 0 Å². The molecule has 1 aromatic rings. The Morgan fingerprint density at radius 3 is 3.00 bits per heavy atom. The van der Waals surface area contributed by atoms with Crippen molar-refractivity contribution in [3.8, 4) is 0 Å². The van der Waals surface area contributed by atoms with Crippen LogP contribution in [-0.2, 0) is 0 Å². The van der Waals surface area contributed by atoms with Gasteiger partial charge >= 0.3 is 0 Å². The number of nitrogens with zero attached hydrogens (tertiary/aromatic N) is 1. The first kappa shape index (κ1) is 11.8. The molecular weight excluding hydrogens is 267 g/mol. The molecule has 2 N–H and O–H groups in total. The molecule has 1 aromatic heterocycles. The van der Waals surface area contributed by atoms with E-state index in [1.807, 2.05) is 6.92 Å². The molecule has 14 heavy (non-hydrogen) atoms. The number of aliphatic hydroxyl groups is 1. The van der Waals surface area contributed by atoms with Crippen LogP contribution in [0.1, 0.15) is 13.3 Å². The number of nitrogens with one attached hydrogen (secondary N) is 1. The van der Waals surface area contributed by atoms with Crippen LogP contribution in [-0.4, -0.2) is 22.7 Å². The van der Waals surface area contributed by atoms with Crippen LogP contribution in [0, 0.1) is 0 Å². The first-order chi connectivity index (χ1) is 6.63. The van der Waals surface area contributed by atoms with Gasteiger partial charge in [0, 0.05) is 12.7 Å². The molecule has 5 heteroatoms. The maximum Gasteiger partial charge on any atom is 0.140 e. The van der Waals surface area contributed by atoms with Crippen molar-refractivity contribution in [2.45, 2.75) is 19.4 Å². The van der Waals surface area contributed by atoms with Crippen molar-refractivity contribution in [2.24, 2.45) is 0 Å². The summed E-state index contributed by atoms with van der Waals surface area (Å²) in [6, 6.07) is 1.76. The third-order valence-electron chi connectivity index (χ3n) is 1.78. The van der Waals surface area contributed by atoms with E-state index in [4.69, 9.17) is 11.6 Å². The van der Waals surface area contributed by atoms with Gasteiger partial charge in [-0.25, -0.2) is 4.98 Å². The SMILES string of the molecule is CCC(O)CNc1ncc(Cl)cc1Br. The molecular formula is C9H12BrClN2O. The molecule has 0 aliphatic heterocycles. The third-order valence-corrected chi connectivity index (χ3v) is 2.60. The Morgan fingerprint density at radius 2 is 2.43 bits per heavy atom. The molecule has 1 rings (SSSR count). The molecule has 0 saturated heterocycles. The van der Waals surface area contributed by atoms with Gasteiger partial charge in [0.15, 0.2) is 0 Å². The van der Waals surface area contributed by atoms with Crippen LogP contribution >= 0.6 is 27.5 Å². The minimum atomic E-state index is -0.348. The van der Waals surface area contributed by atoms with Crippen molar-refractivity contribution >= 4 is 33.3 Å². The number of aliphatic hydroxyl groups excluding tert-OH is 1. The number of hydrogen-bond acceptors (Lipinski definition) is 3. The van der Waals surface area contributed by atoms with Crippen molar-refractivity contribution in [3.05, 3.63) is 21.8 Å². The van der Waals surface area contributed by atoms with Crippen molar-refractivity contribution < 1.29 is 5.11 Å². The Balaban J connectivity index is 2.59. The molecule has 0 amide bonds. The number of halogens is 2. The van der Waals surface area contributed by atoms with Crippen molar-refractivity contribution in [3.63, 3.8) is 0 Å². The van der Waals surface area contributed by atoms with Gasteiger partial charge in [-0.1, -0.05) is 18.5 Å². The minimum absolute atomic E-state index is 0.348. The van der Waals surface area contributed by atoms with E-state index < -0.39 is 0 Å². The van der Waals surface area contributed by atoms with E-state index in [2.05, 4.69) is 26.2 Å². The van der Waals surface area contributed by atoms with Crippen molar-refractivity contribution in [1.29, 1.82) is 0 Å². The second-order valence-electron chi connectivity index (χ2n) is 2.93. The molecule has 0 aromatic carbocycles. The predicted molar refractivity (Wildman–Crippen MR) is 61.7 cm³/mol. The molecule has 0 spiro atoms. The van der Waals surface area contributed by atoms with E-state index in [1.54, 1.807) is 12.3 Å². The van der Waals surface area contributed by atoms with E-state index in [0.29, 0.717) is 17.4 Å². The molecule has 0 fully saturated rings. The van der Waals surface area contributed by atoms with E-state index in [1.165, 1.54) is 0 Å². The smallest absolute Gasteiger partial charge is 0.140 e. The topological polar surface area (TPSA) is 45.1 Å². The normalized spacial score (nSPS) is 12.6. The van der Waals surface area contributed by atoms with E-state index in [-0.39, 0.29) is 6.10 Å². The molecule has 0 radical (unpaired) electrons. The lowest BCUT2D eigenvalue weighted by molar-refractivity contribution is 0.183. The third kappa shape index (κ3) is 3.44. The highest BCUT2D eigenvalue weighted by Gasteiger charge is 2.04.